The lowest BCUT2D eigenvalue weighted by Gasteiger charge is -2.27. The van der Waals surface area contributed by atoms with Crippen molar-refractivity contribution in [2.45, 2.75) is 33.7 Å². The second-order valence-electron chi connectivity index (χ2n) is 4.33. The van der Waals surface area contributed by atoms with Crippen LogP contribution in [-0.4, -0.2) is 34.1 Å². The molecule has 0 radical (unpaired) electrons. The van der Waals surface area contributed by atoms with Crippen molar-refractivity contribution in [2.24, 2.45) is 5.92 Å². The molecule has 0 aliphatic rings. The van der Waals surface area contributed by atoms with E-state index in [9.17, 15) is 4.79 Å². The van der Waals surface area contributed by atoms with Crippen LogP contribution in [0.5, 0.6) is 0 Å². The van der Waals surface area contributed by atoms with Crippen molar-refractivity contribution in [2.75, 3.05) is 7.05 Å². The summed E-state index contributed by atoms with van der Waals surface area (Å²) in [5.74, 6) is 0.452. The Bertz CT molecular complexity index is 343. The van der Waals surface area contributed by atoms with E-state index in [4.69, 9.17) is 0 Å². The molecule has 1 aromatic rings. The highest BCUT2D eigenvalue weighted by Gasteiger charge is 2.21. The lowest BCUT2D eigenvalue weighted by Crippen LogP contribution is -2.38. The minimum absolute atomic E-state index is 0.00574. The summed E-state index contributed by atoms with van der Waals surface area (Å²) in [4.78, 5) is 13.8. The third kappa shape index (κ3) is 2.37. The van der Waals surface area contributed by atoms with Gasteiger partial charge in [0.05, 0.1) is 6.20 Å². The normalized spacial score (nSPS) is 12.9. The topological polar surface area (TPSA) is 49.0 Å². The summed E-state index contributed by atoms with van der Waals surface area (Å²) >= 11 is 0. The summed E-state index contributed by atoms with van der Waals surface area (Å²) in [6.45, 7) is 8.14. The van der Waals surface area contributed by atoms with E-state index in [0.717, 1.165) is 5.56 Å². The molecule has 0 aliphatic carbocycles. The average molecular weight is 209 g/mol. The largest absolute Gasteiger partial charge is 0.337 e. The Morgan fingerprint density at radius 1 is 1.47 bits per heavy atom. The Hall–Kier alpha value is -1.32. The van der Waals surface area contributed by atoms with Crippen molar-refractivity contribution in [3.63, 3.8) is 0 Å². The molecule has 0 bridgehead atoms. The van der Waals surface area contributed by atoms with Crippen LogP contribution < -0.4 is 0 Å². The number of hydrogen-bond acceptors (Lipinski definition) is 2. The SMILES string of the molecule is Cc1cn[nH]c1C(=O)N(C)C(C)C(C)C. The Labute approximate surface area is 90.7 Å². The molecule has 15 heavy (non-hydrogen) atoms. The van der Waals surface area contributed by atoms with Gasteiger partial charge >= 0.3 is 0 Å². The summed E-state index contributed by atoms with van der Waals surface area (Å²) in [7, 11) is 1.83. The van der Waals surface area contributed by atoms with Crippen LogP contribution in [0.1, 0.15) is 36.8 Å². The number of carbonyl (C=O) groups excluding carboxylic acids is 1. The van der Waals surface area contributed by atoms with Crippen LogP contribution in [0.25, 0.3) is 0 Å². The zero-order valence-corrected chi connectivity index (χ0v) is 10.0. The highest BCUT2D eigenvalue weighted by molar-refractivity contribution is 5.93. The van der Waals surface area contributed by atoms with E-state index < -0.39 is 0 Å². The standard InChI is InChI=1S/C11H19N3O/c1-7(2)9(4)14(5)11(15)10-8(3)6-12-13-10/h6-7,9H,1-5H3,(H,12,13). The van der Waals surface area contributed by atoms with E-state index in [1.54, 1.807) is 11.1 Å². The quantitative estimate of drug-likeness (QED) is 0.825. The third-order valence-electron chi connectivity index (χ3n) is 2.94. The first-order valence-corrected chi connectivity index (χ1v) is 5.22. The summed E-state index contributed by atoms with van der Waals surface area (Å²) < 4.78 is 0. The van der Waals surface area contributed by atoms with E-state index in [1.165, 1.54) is 0 Å². The monoisotopic (exact) mass is 209 g/mol. The number of amides is 1. The van der Waals surface area contributed by atoms with Gasteiger partial charge in [-0.25, -0.2) is 0 Å². The molecule has 0 saturated carbocycles. The second-order valence-corrected chi connectivity index (χ2v) is 4.33. The predicted octanol–water partition coefficient (Wildman–Crippen LogP) is 1.83. The van der Waals surface area contributed by atoms with Crippen LogP contribution in [0.2, 0.25) is 0 Å². The molecule has 1 heterocycles. The summed E-state index contributed by atoms with van der Waals surface area (Å²) in [6, 6.07) is 0.222. The molecule has 0 aliphatic heterocycles. The Balaban J connectivity index is 2.82. The maximum Gasteiger partial charge on any atom is 0.272 e. The second kappa shape index (κ2) is 4.47. The van der Waals surface area contributed by atoms with Gasteiger partial charge in [0.15, 0.2) is 0 Å². The average Bonchev–Trinajstić information content (AvgIpc) is 2.60. The van der Waals surface area contributed by atoms with Crippen LogP contribution in [0, 0.1) is 12.8 Å². The van der Waals surface area contributed by atoms with Crippen molar-refractivity contribution in [1.29, 1.82) is 0 Å². The molecule has 1 N–H and O–H groups in total. The lowest BCUT2D eigenvalue weighted by molar-refractivity contribution is 0.0700. The van der Waals surface area contributed by atoms with Crippen molar-refractivity contribution >= 4 is 5.91 Å². The molecule has 1 unspecified atom stereocenters. The molecule has 4 nitrogen and oxygen atoms in total. The zero-order valence-electron chi connectivity index (χ0n) is 10.0. The van der Waals surface area contributed by atoms with Gasteiger partial charge in [-0.3, -0.25) is 9.89 Å². The molecule has 84 valence electrons. The van der Waals surface area contributed by atoms with Gasteiger partial charge in [-0.2, -0.15) is 5.10 Å². The Morgan fingerprint density at radius 2 is 2.07 bits per heavy atom. The first-order chi connectivity index (χ1) is 6.95. The van der Waals surface area contributed by atoms with E-state index >= 15 is 0 Å². The number of carbonyl (C=O) groups is 1. The highest BCUT2D eigenvalue weighted by Crippen LogP contribution is 2.12. The van der Waals surface area contributed by atoms with Crippen molar-refractivity contribution in [3.8, 4) is 0 Å². The van der Waals surface area contributed by atoms with Crippen LogP contribution in [-0.2, 0) is 0 Å². The molecule has 4 heteroatoms. The number of H-pyrrole nitrogens is 1. The van der Waals surface area contributed by atoms with Crippen LogP contribution in [0.15, 0.2) is 6.20 Å². The van der Waals surface area contributed by atoms with Crippen LogP contribution in [0.3, 0.4) is 0 Å². The number of nitrogens with one attached hydrogen (secondary N) is 1. The molecular formula is C11H19N3O. The molecular weight excluding hydrogens is 190 g/mol. The van der Waals surface area contributed by atoms with E-state index in [0.29, 0.717) is 11.6 Å². The van der Waals surface area contributed by atoms with Gasteiger partial charge in [0, 0.05) is 13.1 Å². The first kappa shape index (κ1) is 11.8. The summed E-state index contributed by atoms with van der Waals surface area (Å²) in [5, 5.41) is 6.60. The summed E-state index contributed by atoms with van der Waals surface area (Å²) in [6.07, 6.45) is 1.67. The molecule has 0 spiro atoms. The highest BCUT2D eigenvalue weighted by atomic mass is 16.2. The van der Waals surface area contributed by atoms with Gasteiger partial charge in [0.2, 0.25) is 0 Å². The smallest absolute Gasteiger partial charge is 0.272 e. The van der Waals surface area contributed by atoms with Crippen LogP contribution >= 0.6 is 0 Å². The number of nitrogens with zero attached hydrogens (tertiary/aromatic N) is 2. The third-order valence-corrected chi connectivity index (χ3v) is 2.94. The number of aromatic amines is 1. The maximum atomic E-state index is 12.0. The Kier molecular flexibility index (Phi) is 3.50. The van der Waals surface area contributed by atoms with Gasteiger partial charge in [-0.1, -0.05) is 13.8 Å². The summed E-state index contributed by atoms with van der Waals surface area (Å²) in [5.41, 5.74) is 1.48. The molecule has 1 atom stereocenters. The van der Waals surface area contributed by atoms with E-state index in [-0.39, 0.29) is 11.9 Å². The number of rotatable bonds is 3. The van der Waals surface area contributed by atoms with Crippen molar-refractivity contribution in [1.82, 2.24) is 15.1 Å². The molecule has 0 fully saturated rings. The predicted molar refractivity (Wildman–Crippen MR) is 59.7 cm³/mol. The number of aryl methyl sites for hydroxylation is 1. The zero-order chi connectivity index (χ0) is 11.6. The van der Waals surface area contributed by atoms with Crippen LogP contribution in [0.4, 0.5) is 0 Å². The molecule has 1 aromatic heterocycles. The van der Waals surface area contributed by atoms with E-state index in [1.807, 2.05) is 20.9 Å². The van der Waals surface area contributed by atoms with Crippen molar-refractivity contribution in [3.05, 3.63) is 17.5 Å². The van der Waals surface area contributed by atoms with Gasteiger partial charge < -0.3 is 4.90 Å². The fourth-order valence-electron chi connectivity index (χ4n) is 1.37. The lowest BCUT2D eigenvalue weighted by atomic mass is 10.0. The van der Waals surface area contributed by atoms with Gasteiger partial charge in [0.1, 0.15) is 5.69 Å². The van der Waals surface area contributed by atoms with Gasteiger partial charge in [-0.05, 0) is 25.3 Å². The molecule has 1 amide bonds. The fraction of sp³-hybridized carbons (Fsp3) is 0.636. The molecule has 0 saturated heterocycles. The molecule has 0 aromatic carbocycles. The number of hydrogen-bond donors (Lipinski definition) is 1. The minimum atomic E-state index is 0.00574. The fourth-order valence-corrected chi connectivity index (χ4v) is 1.37. The molecule has 1 rings (SSSR count). The Morgan fingerprint density at radius 3 is 2.47 bits per heavy atom. The first-order valence-electron chi connectivity index (χ1n) is 5.22. The van der Waals surface area contributed by atoms with E-state index in [2.05, 4.69) is 24.0 Å². The van der Waals surface area contributed by atoms with Crippen molar-refractivity contribution < 1.29 is 4.79 Å². The number of aromatic nitrogens is 2. The minimum Gasteiger partial charge on any atom is -0.337 e. The maximum absolute atomic E-state index is 12.0. The van der Waals surface area contributed by atoms with Gasteiger partial charge in [-0.15, -0.1) is 0 Å². The van der Waals surface area contributed by atoms with Gasteiger partial charge in [0.25, 0.3) is 5.91 Å².